The van der Waals surface area contributed by atoms with Gasteiger partial charge in [-0.25, -0.2) is 4.98 Å². The molecule has 3 aromatic carbocycles. The van der Waals surface area contributed by atoms with Gasteiger partial charge in [0.05, 0.1) is 16.9 Å². The summed E-state index contributed by atoms with van der Waals surface area (Å²) in [7, 11) is 0. The van der Waals surface area contributed by atoms with Crippen molar-refractivity contribution in [2.45, 2.75) is 32.7 Å². The van der Waals surface area contributed by atoms with Gasteiger partial charge in [-0.2, -0.15) is 0 Å². The fourth-order valence-electron chi connectivity index (χ4n) is 4.74. The number of nitrogens with one attached hydrogen (secondary N) is 1. The van der Waals surface area contributed by atoms with Gasteiger partial charge in [0, 0.05) is 38.3 Å². The first-order valence-corrected chi connectivity index (χ1v) is 12.1. The van der Waals surface area contributed by atoms with E-state index in [1.165, 1.54) is 5.56 Å². The number of hydrogen-bond acceptors (Lipinski definition) is 6. The Morgan fingerprint density at radius 1 is 0.971 bits per heavy atom. The smallest absolute Gasteiger partial charge is 0.138 e. The zero-order valence-corrected chi connectivity index (χ0v) is 20.6. The minimum absolute atomic E-state index is 0.127. The predicted octanol–water partition coefficient (Wildman–Crippen LogP) is 5.83. The van der Waals surface area contributed by atoms with Gasteiger partial charge in [0.15, 0.2) is 0 Å². The molecular weight excluding hydrogens is 436 g/mol. The molecule has 180 valence electrons. The van der Waals surface area contributed by atoms with E-state index in [4.69, 9.17) is 10.7 Å². The molecule has 1 aliphatic heterocycles. The summed E-state index contributed by atoms with van der Waals surface area (Å²) in [5.74, 6) is 0.894. The zero-order chi connectivity index (χ0) is 24.6. The number of anilines is 2. The molecular formula is C28H32N6O. The molecule has 5 rings (SSSR count). The highest BCUT2D eigenvalue weighted by atomic mass is 16.3. The number of aromatic nitrogens is 2. The lowest BCUT2D eigenvalue weighted by Crippen LogP contribution is -2.46. The van der Waals surface area contributed by atoms with Crippen molar-refractivity contribution in [1.82, 2.24) is 14.9 Å². The number of fused-ring (bicyclic) bond motifs is 1. The maximum Gasteiger partial charge on any atom is 0.138 e. The molecule has 0 bridgehead atoms. The van der Waals surface area contributed by atoms with Gasteiger partial charge in [-0.1, -0.05) is 63.2 Å². The number of para-hydroxylation sites is 2. The Bertz CT molecular complexity index is 1340. The Morgan fingerprint density at radius 3 is 2.37 bits per heavy atom. The number of piperazine rings is 1. The van der Waals surface area contributed by atoms with Crippen molar-refractivity contribution in [3.63, 3.8) is 0 Å². The second-order valence-electron chi connectivity index (χ2n) is 10.3. The third-order valence-electron chi connectivity index (χ3n) is 6.89. The van der Waals surface area contributed by atoms with Gasteiger partial charge in [0.25, 0.3) is 0 Å². The van der Waals surface area contributed by atoms with Crippen molar-refractivity contribution in [3.8, 4) is 11.4 Å². The van der Waals surface area contributed by atoms with Crippen LogP contribution in [0.4, 0.5) is 17.1 Å². The van der Waals surface area contributed by atoms with Crippen LogP contribution in [0.5, 0.6) is 0 Å². The molecule has 7 nitrogen and oxygen atoms in total. The summed E-state index contributed by atoms with van der Waals surface area (Å²) in [6, 6.07) is 20.5. The predicted molar refractivity (Wildman–Crippen MR) is 144 cm³/mol. The molecule has 0 spiro atoms. The minimum Gasteiger partial charge on any atom is -0.397 e. The third-order valence-corrected chi connectivity index (χ3v) is 6.89. The van der Waals surface area contributed by atoms with Crippen LogP contribution in [-0.4, -0.2) is 41.0 Å². The number of rotatable bonds is 5. The van der Waals surface area contributed by atoms with E-state index >= 15 is 0 Å². The highest BCUT2D eigenvalue weighted by molar-refractivity contribution is 5.91. The number of imidazole rings is 1. The Labute approximate surface area is 205 Å². The summed E-state index contributed by atoms with van der Waals surface area (Å²) in [5, 5.41) is 3.03. The monoisotopic (exact) mass is 468 g/mol. The molecule has 7 heteroatoms. The molecule has 0 unspecified atom stereocenters. The number of nitrogens with zero attached hydrogens (tertiary/aromatic N) is 4. The Balaban J connectivity index is 1.32. The first-order valence-electron chi connectivity index (χ1n) is 12.1. The SMILES string of the molecule is CC(C)(C)c1ccc(-c2nc3c(N4CCN(Cc5cccc(N=O)c5N)CC4)cccc3[nH]2)cc1. The molecule has 1 saturated heterocycles. The van der Waals surface area contributed by atoms with Crippen LogP contribution in [0, 0.1) is 4.91 Å². The number of nitroso groups, excluding NO2 is 1. The van der Waals surface area contributed by atoms with Crippen molar-refractivity contribution < 1.29 is 0 Å². The number of hydrogen-bond donors (Lipinski definition) is 2. The summed E-state index contributed by atoms with van der Waals surface area (Å²) in [6.07, 6.45) is 0. The van der Waals surface area contributed by atoms with Crippen molar-refractivity contribution in [3.05, 3.63) is 76.7 Å². The summed E-state index contributed by atoms with van der Waals surface area (Å²) in [4.78, 5) is 24.2. The van der Waals surface area contributed by atoms with E-state index in [1.54, 1.807) is 6.07 Å². The Kier molecular flexibility index (Phi) is 6.03. The topological polar surface area (TPSA) is 90.6 Å². The fourth-order valence-corrected chi connectivity index (χ4v) is 4.74. The first-order chi connectivity index (χ1) is 16.8. The van der Waals surface area contributed by atoms with E-state index in [0.717, 1.165) is 59.9 Å². The quantitative estimate of drug-likeness (QED) is 0.284. The van der Waals surface area contributed by atoms with Crippen LogP contribution >= 0.6 is 0 Å². The normalized spacial score (nSPS) is 15.0. The standard InChI is InChI=1S/C28H32N6O/c1-28(2,3)21-12-10-19(11-13-21)27-30-23-8-5-9-24(26(23)31-27)34-16-14-33(15-17-34)18-20-6-4-7-22(32-35)25(20)29/h4-13H,14-18,29H2,1-3H3,(H,30,31). The van der Waals surface area contributed by atoms with Gasteiger partial charge in [0.2, 0.25) is 0 Å². The molecule has 1 fully saturated rings. The molecule has 0 atom stereocenters. The molecule has 0 amide bonds. The van der Waals surface area contributed by atoms with Crippen LogP contribution in [0.2, 0.25) is 0 Å². The van der Waals surface area contributed by atoms with Crippen LogP contribution in [0.15, 0.2) is 65.8 Å². The number of H-pyrrole nitrogens is 1. The van der Waals surface area contributed by atoms with E-state index < -0.39 is 0 Å². The van der Waals surface area contributed by atoms with Crippen LogP contribution in [0.25, 0.3) is 22.4 Å². The van der Waals surface area contributed by atoms with Gasteiger partial charge >= 0.3 is 0 Å². The first kappa shape index (κ1) is 23.1. The van der Waals surface area contributed by atoms with E-state index in [0.29, 0.717) is 17.9 Å². The number of benzene rings is 3. The van der Waals surface area contributed by atoms with Crippen molar-refractivity contribution >= 4 is 28.1 Å². The van der Waals surface area contributed by atoms with Crippen LogP contribution in [0.3, 0.4) is 0 Å². The van der Waals surface area contributed by atoms with Gasteiger partial charge in [-0.3, -0.25) is 4.90 Å². The van der Waals surface area contributed by atoms with Crippen LogP contribution < -0.4 is 10.6 Å². The van der Waals surface area contributed by atoms with Crippen molar-refractivity contribution in [2.75, 3.05) is 36.8 Å². The third kappa shape index (κ3) is 4.64. The van der Waals surface area contributed by atoms with Gasteiger partial charge in [-0.05, 0) is 39.9 Å². The maximum atomic E-state index is 11.0. The molecule has 0 saturated carbocycles. The summed E-state index contributed by atoms with van der Waals surface area (Å²) < 4.78 is 0. The Morgan fingerprint density at radius 2 is 1.69 bits per heavy atom. The van der Waals surface area contributed by atoms with E-state index in [9.17, 15) is 4.91 Å². The zero-order valence-electron chi connectivity index (χ0n) is 20.6. The maximum absolute atomic E-state index is 11.0. The van der Waals surface area contributed by atoms with Gasteiger partial charge in [-0.15, -0.1) is 4.91 Å². The lowest BCUT2D eigenvalue weighted by molar-refractivity contribution is 0.250. The molecule has 0 aliphatic carbocycles. The molecule has 4 aromatic rings. The average Bonchev–Trinajstić information content (AvgIpc) is 3.30. The minimum atomic E-state index is 0.127. The van der Waals surface area contributed by atoms with Crippen molar-refractivity contribution in [1.29, 1.82) is 0 Å². The number of nitrogens with two attached hydrogens (primary N) is 1. The largest absolute Gasteiger partial charge is 0.397 e. The lowest BCUT2D eigenvalue weighted by atomic mass is 9.87. The van der Waals surface area contributed by atoms with Gasteiger partial charge in [0.1, 0.15) is 17.0 Å². The highest BCUT2D eigenvalue weighted by Gasteiger charge is 2.21. The molecule has 0 radical (unpaired) electrons. The molecule has 1 aliphatic rings. The average molecular weight is 469 g/mol. The molecule has 2 heterocycles. The second kappa shape index (κ2) is 9.15. The fraction of sp³-hybridized carbons (Fsp3) is 0.321. The van der Waals surface area contributed by atoms with E-state index in [1.807, 2.05) is 12.1 Å². The summed E-state index contributed by atoms with van der Waals surface area (Å²) in [6.45, 7) is 11.0. The summed E-state index contributed by atoms with van der Waals surface area (Å²) in [5.41, 5.74) is 13.6. The van der Waals surface area contributed by atoms with Crippen LogP contribution in [0.1, 0.15) is 31.9 Å². The lowest BCUT2D eigenvalue weighted by Gasteiger charge is -2.36. The highest BCUT2D eigenvalue weighted by Crippen LogP contribution is 2.31. The van der Waals surface area contributed by atoms with Gasteiger partial charge < -0.3 is 15.6 Å². The molecule has 3 N–H and O–H groups in total. The van der Waals surface area contributed by atoms with E-state index in [2.05, 4.69) is 83.2 Å². The Hall–Kier alpha value is -3.71. The number of nitrogen functional groups attached to an aromatic ring is 1. The van der Waals surface area contributed by atoms with Crippen LogP contribution in [-0.2, 0) is 12.0 Å². The molecule has 1 aromatic heterocycles. The molecule has 35 heavy (non-hydrogen) atoms. The number of aromatic amines is 1. The summed E-state index contributed by atoms with van der Waals surface area (Å²) >= 11 is 0. The van der Waals surface area contributed by atoms with Crippen molar-refractivity contribution in [2.24, 2.45) is 5.18 Å². The second-order valence-corrected chi connectivity index (χ2v) is 10.3. The van der Waals surface area contributed by atoms with E-state index in [-0.39, 0.29) is 5.41 Å².